The molecule has 0 saturated carbocycles. The molecular weight excluding hydrogens is 784 g/mol. The number of rotatable bonds is 11. The monoisotopic (exact) mass is 824 g/mol. The Morgan fingerprint density at radius 1 is 0.934 bits per heavy atom. The molecule has 310 valence electrons. The van der Waals surface area contributed by atoms with Gasteiger partial charge in [0.15, 0.2) is 11.9 Å². The van der Waals surface area contributed by atoms with Gasteiger partial charge in [0.25, 0.3) is 0 Å². The number of benzene rings is 4. The molecule has 0 fully saturated rings. The van der Waals surface area contributed by atoms with E-state index < -0.39 is 24.0 Å². The molecule has 3 aromatic heterocycles. The number of carboxylic acid groups (broad SMARTS) is 1. The number of methoxy groups -OCH3 is 1. The summed E-state index contributed by atoms with van der Waals surface area (Å²) in [6, 6.07) is 24.0. The second-order valence-electron chi connectivity index (χ2n) is 14.3. The molecule has 61 heavy (non-hydrogen) atoms. The standard InChI is InChI=1S/C47H41FN4O9/c1-5-18-56-24-35-25-57-33-14-15-37(58-23-32-16-17-49-44(52-32)36-8-6-7-9-38(36)55-4)30(21-33)22-39(47(53)54)60-45-42-41(40-27(2)19-34(59-35)20-28(40)3)43(61-46(42)51-26-50-45)29-10-12-31(48)13-11-29/h5-17,19-21,26,35,39H,1,18,22-25H2,2-4H3,(H,53,54)/t35-,39-/m1/s1. The van der Waals surface area contributed by atoms with Gasteiger partial charge in [-0.3, -0.25) is 0 Å². The van der Waals surface area contributed by atoms with Gasteiger partial charge in [-0.15, -0.1) is 6.58 Å². The Balaban J connectivity index is 1.22. The van der Waals surface area contributed by atoms with Crippen LogP contribution in [0.1, 0.15) is 22.4 Å². The van der Waals surface area contributed by atoms with Crippen molar-refractivity contribution in [3.8, 4) is 62.7 Å². The van der Waals surface area contributed by atoms with Crippen LogP contribution in [0.2, 0.25) is 0 Å². The summed E-state index contributed by atoms with van der Waals surface area (Å²) in [4.78, 5) is 31.2. The molecular formula is C47H41FN4O9. The smallest absolute Gasteiger partial charge is 0.345 e. The maximum Gasteiger partial charge on any atom is 0.345 e. The molecule has 0 amide bonds. The minimum absolute atomic E-state index is 0.0212. The topological polar surface area (TPSA) is 157 Å². The SMILES string of the molecule is C=CCOC[C@@H]1COc2ccc(OCc3ccnc(-c4ccccc4OC)n3)c(c2)C[C@H](C(=O)O)Oc2ncnc3oc(-c4ccc(F)cc4)c(c23)-c2c(C)cc(cc2C)O1. The van der Waals surface area contributed by atoms with Gasteiger partial charge < -0.3 is 37.9 Å². The van der Waals surface area contributed by atoms with Crippen molar-refractivity contribution in [2.75, 3.05) is 26.9 Å². The van der Waals surface area contributed by atoms with Gasteiger partial charge in [-0.2, -0.15) is 0 Å². The highest BCUT2D eigenvalue weighted by atomic mass is 19.1. The van der Waals surface area contributed by atoms with Gasteiger partial charge in [0, 0.05) is 29.3 Å². The molecule has 2 atom stereocenters. The first-order valence-corrected chi connectivity index (χ1v) is 19.4. The maximum absolute atomic E-state index is 14.2. The lowest BCUT2D eigenvalue weighted by molar-refractivity contribution is -0.145. The van der Waals surface area contributed by atoms with Crippen LogP contribution in [0.15, 0.2) is 115 Å². The molecule has 4 bridgehead atoms. The van der Waals surface area contributed by atoms with E-state index >= 15 is 0 Å². The molecule has 2 aliphatic heterocycles. The molecule has 1 N–H and O–H groups in total. The average molecular weight is 825 g/mol. The van der Waals surface area contributed by atoms with Crippen molar-refractivity contribution in [2.45, 2.75) is 39.1 Å². The summed E-state index contributed by atoms with van der Waals surface area (Å²) in [6.07, 6.45) is 2.33. The third-order valence-corrected chi connectivity index (χ3v) is 10.00. The molecule has 0 spiro atoms. The Morgan fingerprint density at radius 3 is 2.51 bits per heavy atom. The number of para-hydroxylation sites is 1. The summed E-state index contributed by atoms with van der Waals surface area (Å²) >= 11 is 0. The number of hydrogen-bond donors (Lipinski definition) is 1. The lowest BCUT2D eigenvalue weighted by atomic mass is 9.92. The second-order valence-corrected chi connectivity index (χ2v) is 14.3. The fraction of sp³-hybridized carbons (Fsp3) is 0.213. The molecule has 0 aliphatic carbocycles. The maximum atomic E-state index is 14.2. The normalized spacial score (nSPS) is 15.0. The molecule has 14 heteroatoms. The number of hydrogen-bond acceptors (Lipinski definition) is 12. The molecule has 2 aliphatic rings. The van der Waals surface area contributed by atoms with Gasteiger partial charge in [0.2, 0.25) is 17.7 Å². The van der Waals surface area contributed by atoms with Crippen LogP contribution < -0.4 is 23.7 Å². The van der Waals surface area contributed by atoms with E-state index in [4.69, 9.17) is 37.8 Å². The highest BCUT2D eigenvalue weighted by Gasteiger charge is 2.30. The number of aliphatic carboxylic acids is 1. The fourth-order valence-corrected chi connectivity index (χ4v) is 7.25. The van der Waals surface area contributed by atoms with Gasteiger partial charge in [-0.25, -0.2) is 29.1 Å². The Morgan fingerprint density at radius 2 is 1.74 bits per heavy atom. The van der Waals surface area contributed by atoms with Crippen molar-refractivity contribution in [1.29, 1.82) is 0 Å². The van der Waals surface area contributed by atoms with E-state index in [9.17, 15) is 14.3 Å². The Bertz CT molecular complexity index is 2700. The molecule has 4 aromatic carbocycles. The number of carboxylic acids is 1. The van der Waals surface area contributed by atoms with Gasteiger partial charge in [-0.1, -0.05) is 18.2 Å². The molecule has 0 radical (unpaired) electrons. The number of furan rings is 1. The third kappa shape index (κ3) is 8.85. The first-order valence-electron chi connectivity index (χ1n) is 19.4. The highest BCUT2D eigenvalue weighted by Crippen LogP contribution is 2.46. The zero-order valence-corrected chi connectivity index (χ0v) is 33.6. The summed E-state index contributed by atoms with van der Waals surface area (Å²) in [5.74, 6) is 1.13. The number of fused-ring (bicyclic) bond motifs is 7. The number of carbonyl (C=O) groups is 1. The van der Waals surface area contributed by atoms with E-state index in [1.54, 1.807) is 55.8 Å². The summed E-state index contributed by atoms with van der Waals surface area (Å²) in [5.41, 5.74) is 5.37. The number of aromatic nitrogens is 4. The molecule has 7 aromatic rings. The van der Waals surface area contributed by atoms with Crippen LogP contribution in [0, 0.1) is 19.7 Å². The number of halogens is 1. The van der Waals surface area contributed by atoms with Crippen LogP contribution in [0.25, 0.3) is 44.9 Å². The predicted octanol–water partition coefficient (Wildman–Crippen LogP) is 8.77. The average Bonchev–Trinajstić information content (AvgIpc) is 3.64. The van der Waals surface area contributed by atoms with Crippen molar-refractivity contribution in [1.82, 2.24) is 19.9 Å². The van der Waals surface area contributed by atoms with Crippen LogP contribution in [0.3, 0.4) is 0 Å². The van der Waals surface area contributed by atoms with E-state index in [1.807, 2.05) is 50.2 Å². The van der Waals surface area contributed by atoms with Crippen molar-refractivity contribution in [2.24, 2.45) is 0 Å². The van der Waals surface area contributed by atoms with Gasteiger partial charge in [-0.05, 0) is 103 Å². The summed E-state index contributed by atoms with van der Waals surface area (Å²) < 4.78 is 57.5. The highest BCUT2D eigenvalue weighted by molar-refractivity contribution is 6.04. The quantitative estimate of drug-likeness (QED) is 0.0976. The van der Waals surface area contributed by atoms with Crippen LogP contribution in [0.5, 0.6) is 28.9 Å². The van der Waals surface area contributed by atoms with E-state index in [1.165, 1.54) is 18.5 Å². The molecule has 13 nitrogen and oxygen atoms in total. The molecule has 0 unspecified atom stereocenters. The van der Waals surface area contributed by atoms with Crippen LogP contribution in [0.4, 0.5) is 4.39 Å². The lowest BCUT2D eigenvalue weighted by Crippen LogP contribution is -2.31. The van der Waals surface area contributed by atoms with E-state index in [2.05, 4.69) is 21.5 Å². The first-order chi connectivity index (χ1) is 29.7. The summed E-state index contributed by atoms with van der Waals surface area (Å²) in [6.45, 7) is 8.21. The summed E-state index contributed by atoms with van der Waals surface area (Å²) in [7, 11) is 1.58. The van der Waals surface area contributed by atoms with Crippen LogP contribution in [-0.2, 0) is 22.6 Å². The zero-order valence-electron chi connectivity index (χ0n) is 33.6. The molecule has 5 heterocycles. The van der Waals surface area contributed by atoms with Crippen LogP contribution in [-0.4, -0.2) is 70.2 Å². The number of aryl methyl sites for hydroxylation is 2. The lowest BCUT2D eigenvalue weighted by Gasteiger charge is -2.22. The number of nitrogens with zero attached hydrogens (tertiary/aromatic N) is 4. The van der Waals surface area contributed by atoms with Crippen molar-refractivity contribution in [3.63, 3.8) is 0 Å². The Kier molecular flexibility index (Phi) is 11.9. The van der Waals surface area contributed by atoms with Crippen molar-refractivity contribution < 1.29 is 47.1 Å². The van der Waals surface area contributed by atoms with Gasteiger partial charge in [0.1, 0.15) is 59.5 Å². The van der Waals surface area contributed by atoms with Gasteiger partial charge >= 0.3 is 5.97 Å². The van der Waals surface area contributed by atoms with E-state index in [0.717, 1.165) is 16.7 Å². The van der Waals surface area contributed by atoms with Crippen LogP contribution >= 0.6 is 0 Å². The molecule has 9 rings (SSSR count). The fourth-order valence-electron chi connectivity index (χ4n) is 7.25. The second kappa shape index (κ2) is 17.9. The van der Waals surface area contributed by atoms with E-state index in [0.29, 0.717) is 74.5 Å². The predicted molar refractivity (Wildman–Crippen MR) is 224 cm³/mol. The minimum atomic E-state index is -1.48. The van der Waals surface area contributed by atoms with E-state index in [-0.39, 0.29) is 37.8 Å². The third-order valence-electron chi connectivity index (χ3n) is 10.00. The zero-order chi connectivity index (χ0) is 42.5. The first kappa shape index (κ1) is 40.5. The van der Waals surface area contributed by atoms with Crippen molar-refractivity contribution in [3.05, 3.63) is 138 Å². The number of ether oxygens (including phenoxy) is 6. The summed E-state index contributed by atoms with van der Waals surface area (Å²) in [5, 5.41) is 11.1. The Hall–Kier alpha value is -7.32. The minimum Gasteiger partial charge on any atom is -0.496 e. The molecule has 0 saturated heterocycles. The van der Waals surface area contributed by atoms with Crippen molar-refractivity contribution >= 4 is 17.1 Å². The largest absolute Gasteiger partial charge is 0.496 e. The van der Waals surface area contributed by atoms with Gasteiger partial charge in [0.05, 0.1) is 31.6 Å². The Labute approximate surface area is 350 Å².